The maximum Gasteiger partial charge on any atom is 0.188 e. The van der Waals surface area contributed by atoms with Gasteiger partial charge in [-0.05, 0) is 53.9 Å². The van der Waals surface area contributed by atoms with Crippen LogP contribution in [0.2, 0.25) is 0 Å². The summed E-state index contributed by atoms with van der Waals surface area (Å²) in [6, 6.07) is 0. The number of Topliss-reactive ketones (excluding diaryl/α,β-unsaturated/α-hetero) is 4. The van der Waals surface area contributed by atoms with Crippen LogP contribution in [0.3, 0.4) is 0 Å². The van der Waals surface area contributed by atoms with Crippen LogP contribution in [0.1, 0.15) is 60.8 Å². The summed E-state index contributed by atoms with van der Waals surface area (Å²) >= 11 is 0. The summed E-state index contributed by atoms with van der Waals surface area (Å²) in [7, 11) is 0. The van der Waals surface area contributed by atoms with Gasteiger partial charge in [-0.1, -0.05) is 30.2 Å². The van der Waals surface area contributed by atoms with E-state index < -0.39 is 26.4 Å². The minimum atomic E-state index is -0.522. The molecule has 2 aliphatic carbocycles. The van der Waals surface area contributed by atoms with Gasteiger partial charge in [0.25, 0.3) is 0 Å². The maximum atomic E-state index is 12.2. The van der Waals surface area contributed by atoms with Gasteiger partial charge in [0.15, 0.2) is 23.1 Å². The minimum Gasteiger partial charge on any atom is -0.392 e. The van der Waals surface area contributed by atoms with E-state index >= 15 is 0 Å². The van der Waals surface area contributed by atoms with Crippen LogP contribution >= 0.6 is 0 Å². The lowest BCUT2D eigenvalue weighted by atomic mass is 9.83. The van der Waals surface area contributed by atoms with E-state index in [0.29, 0.717) is 35.1 Å². The topological polar surface area (TPSA) is 149 Å². The van der Waals surface area contributed by atoms with E-state index in [0.717, 1.165) is 17.6 Å². The fraction of sp³-hybridized carbons (Fsp3) is 0.448. The average Bonchev–Trinajstić information content (AvgIpc) is 2.87. The Kier molecular flexibility index (Phi) is 12.7. The Morgan fingerprint density at radius 1 is 0.568 bits per heavy atom. The molecule has 0 heterocycles. The number of aliphatic hydroxyl groups is 4. The quantitative estimate of drug-likeness (QED) is 0.271. The Balaban J connectivity index is 0.000000371. The Hall–Kier alpha value is -3.04. The lowest BCUT2D eigenvalue weighted by Crippen LogP contribution is -2.26. The smallest absolute Gasteiger partial charge is 0.188 e. The highest BCUT2D eigenvalue weighted by Gasteiger charge is 2.31. The zero-order valence-corrected chi connectivity index (χ0v) is 22.5. The number of aliphatic hydroxyl groups excluding tert-OH is 4. The molecule has 0 saturated carbocycles. The molecule has 37 heavy (non-hydrogen) atoms. The average molecular weight is 515 g/mol. The second-order valence-corrected chi connectivity index (χ2v) is 9.16. The van der Waals surface area contributed by atoms with E-state index in [4.69, 9.17) is 10.2 Å². The Bertz CT molecular complexity index is 1150. The van der Waals surface area contributed by atoms with Gasteiger partial charge in [-0.15, -0.1) is 0 Å². The van der Waals surface area contributed by atoms with E-state index in [1.165, 1.54) is 0 Å². The summed E-state index contributed by atoms with van der Waals surface area (Å²) in [6.45, 7) is 8.89. The molecule has 8 heteroatoms. The Labute approximate surface area is 218 Å². The standard InChI is InChI=1S/C15H20O4.C14H18O4/c1-4-9(2)5-6-11-10(3)14(18)12(7-16)13(8-17)15(11)19;1-8(2)4-5-10-9(3)13(17)11(6-15)12(7-16)14(10)18/h5,16-17H,4,6-8H2,1-3H3;4,15-16H,5-7H2,1-3H3/b9-5+;. The van der Waals surface area contributed by atoms with E-state index in [9.17, 15) is 29.4 Å². The van der Waals surface area contributed by atoms with E-state index in [2.05, 4.69) is 0 Å². The molecule has 0 aromatic rings. The largest absolute Gasteiger partial charge is 0.392 e. The van der Waals surface area contributed by atoms with Gasteiger partial charge in [0.2, 0.25) is 0 Å². The van der Waals surface area contributed by atoms with Crippen LogP contribution in [0.25, 0.3) is 0 Å². The van der Waals surface area contributed by atoms with E-state index in [1.807, 2.05) is 39.8 Å². The van der Waals surface area contributed by atoms with Crippen LogP contribution in [-0.2, 0) is 19.2 Å². The monoisotopic (exact) mass is 514 g/mol. The van der Waals surface area contributed by atoms with Crippen molar-refractivity contribution in [3.8, 4) is 0 Å². The number of carbonyl (C=O) groups is 4. The van der Waals surface area contributed by atoms with Gasteiger partial charge in [-0.25, -0.2) is 0 Å². The number of rotatable bonds is 9. The van der Waals surface area contributed by atoms with Crippen molar-refractivity contribution in [1.29, 1.82) is 0 Å². The normalized spacial score (nSPS) is 17.1. The first-order chi connectivity index (χ1) is 17.4. The van der Waals surface area contributed by atoms with Gasteiger partial charge < -0.3 is 20.4 Å². The van der Waals surface area contributed by atoms with Crippen LogP contribution in [-0.4, -0.2) is 70.0 Å². The van der Waals surface area contributed by atoms with Crippen molar-refractivity contribution in [3.63, 3.8) is 0 Å². The molecule has 0 amide bonds. The Morgan fingerprint density at radius 2 is 0.892 bits per heavy atom. The second kappa shape index (κ2) is 14.6. The van der Waals surface area contributed by atoms with Gasteiger partial charge in [0.1, 0.15) is 0 Å². The highest BCUT2D eigenvalue weighted by molar-refractivity contribution is 6.26. The van der Waals surface area contributed by atoms with Gasteiger partial charge in [0, 0.05) is 44.6 Å². The molecule has 8 nitrogen and oxygen atoms in total. The molecule has 0 atom stereocenters. The zero-order chi connectivity index (χ0) is 28.4. The van der Waals surface area contributed by atoms with Crippen LogP contribution in [0.15, 0.2) is 67.9 Å². The zero-order valence-electron chi connectivity index (χ0n) is 22.5. The van der Waals surface area contributed by atoms with Gasteiger partial charge in [-0.3, -0.25) is 19.2 Å². The van der Waals surface area contributed by atoms with Crippen LogP contribution in [0.4, 0.5) is 0 Å². The molecule has 0 aromatic heterocycles. The molecule has 2 rings (SSSR count). The molecule has 4 N–H and O–H groups in total. The molecule has 0 fully saturated rings. The molecule has 2 aliphatic rings. The van der Waals surface area contributed by atoms with Crippen LogP contribution < -0.4 is 0 Å². The fourth-order valence-corrected chi connectivity index (χ4v) is 3.87. The summed E-state index contributed by atoms with van der Waals surface area (Å²) in [5.41, 5.74) is 3.82. The first kappa shape index (κ1) is 32.0. The number of carbonyl (C=O) groups excluding carboxylic acids is 4. The highest BCUT2D eigenvalue weighted by Crippen LogP contribution is 2.28. The predicted molar refractivity (Wildman–Crippen MR) is 141 cm³/mol. The molecule has 0 aromatic carbocycles. The summed E-state index contributed by atoms with van der Waals surface area (Å²) in [4.78, 5) is 48.3. The van der Waals surface area contributed by atoms with Crippen molar-refractivity contribution >= 4 is 23.1 Å². The summed E-state index contributed by atoms with van der Waals surface area (Å²) in [6.07, 6.45) is 5.43. The summed E-state index contributed by atoms with van der Waals surface area (Å²) in [5, 5.41) is 36.7. The van der Waals surface area contributed by atoms with Gasteiger partial charge in [0.05, 0.1) is 26.4 Å². The first-order valence-corrected chi connectivity index (χ1v) is 12.2. The number of allylic oxidation sites excluding steroid dienone is 8. The molecule has 0 bridgehead atoms. The SMILES string of the molecule is CC(C)=CCC1=C(C)C(=O)C(CO)=C(CO)C1=O.CC/C(C)=C/CC1=C(C)C(=O)C(CO)=C(CO)C1=O. The van der Waals surface area contributed by atoms with Crippen molar-refractivity contribution in [2.24, 2.45) is 0 Å². The van der Waals surface area contributed by atoms with Crippen molar-refractivity contribution in [2.45, 2.75) is 60.8 Å². The lowest BCUT2D eigenvalue weighted by Gasteiger charge is -2.19. The van der Waals surface area contributed by atoms with Crippen molar-refractivity contribution < 1.29 is 39.6 Å². The highest BCUT2D eigenvalue weighted by atomic mass is 16.3. The summed E-state index contributed by atoms with van der Waals surface area (Å²) in [5.74, 6) is -1.36. The Morgan fingerprint density at radius 3 is 1.19 bits per heavy atom. The third-order valence-electron chi connectivity index (χ3n) is 6.52. The molecule has 0 unspecified atom stereocenters. The molecular formula is C29H38O8. The molecule has 0 aliphatic heterocycles. The van der Waals surface area contributed by atoms with Gasteiger partial charge >= 0.3 is 0 Å². The molecule has 0 saturated heterocycles. The maximum absolute atomic E-state index is 12.2. The molecule has 0 spiro atoms. The molecular weight excluding hydrogens is 476 g/mol. The van der Waals surface area contributed by atoms with Gasteiger partial charge in [-0.2, -0.15) is 0 Å². The van der Waals surface area contributed by atoms with Crippen molar-refractivity contribution in [1.82, 2.24) is 0 Å². The number of ketones is 4. The molecule has 0 radical (unpaired) electrons. The van der Waals surface area contributed by atoms with Crippen LogP contribution in [0, 0.1) is 0 Å². The third-order valence-corrected chi connectivity index (χ3v) is 6.52. The minimum absolute atomic E-state index is 0.0148. The first-order valence-electron chi connectivity index (χ1n) is 12.2. The summed E-state index contributed by atoms with van der Waals surface area (Å²) < 4.78 is 0. The van der Waals surface area contributed by atoms with Crippen molar-refractivity contribution in [2.75, 3.05) is 26.4 Å². The number of hydrogen-bond donors (Lipinski definition) is 4. The van der Waals surface area contributed by atoms with Crippen molar-refractivity contribution in [3.05, 3.63) is 67.9 Å². The fourth-order valence-electron chi connectivity index (χ4n) is 3.87. The van der Waals surface area contributed by atoms with E-state index in [1.54, 1.807) is 13.8 Å². The predicted octanol–water partition coefficient (Wildman–Crippen LogP) is 2.57. The molecule has 202 valence electrons. The second-order valence-electron chi connectivity index (χ2n) is 9.16. The number of hydrogen-bond acceptors (Lipinski definition) is 8. The lowest BCUT2D eigenvalue weighted by molar-refractivity contribution is -0.117. The van der Waals surface area contributed by atoms with Crippen LogP contribution in [0.5, 0.6) is 0 Å². The third kappa shape index (κ3) is 7.49. The van der Waals surface area contributed by atoms with E-state index in [-0.39, 0.29) is 45.4 Å².